The van der Waals surface area contributed by atoms with E-state index >= 15 is 0 Å². The SMILES string of the molecule is CCc1ccc(S(=O)(=O)Cl)cc1C(=O)NC(CC)COC. The molecule has 0 bridgehead atoms. The molecule has 0 spiro atoms. The van der Waals surface area contributed by atoms with E-state index in [-0.39, 0.29) is 16.8 Å². The van der Waals surface area contributed by atoms with E-state index in [9.17, 15) is 13.2 Å². The van der Waals surface area contributed by atoms with Gasteiger partial charge in [0.15, 0.2) is 0 Å². The van der Waals surface area contributed by atoms with Crippen LogP contribution in [0.25, 0.3) is 0 Å². The Hall–Kier alpha value is -1.11. The fourth-order valence-electron chi connectivity index (χ4n) is 1.95. The predicted molar refractivity (Wildman–Crippen MR) is 82.3 cm³/mol. The van der Waals surface area contributed by atoms with E-state index < -0.39 is 9.05 Å². The molecule has 0 aliphatic heterocycles. The molecule has 0 saturated heterocycles. The van der Waals surface area contributed by atoms with Crippen LogP contribution in [0, 0.1) is 0 Å². The van der Waals surface area contributed by atoms with Crippen LogP contribution in [0.3, 0.4) is 0 Å². The van der Waals surface area contributed by atoms with Crippen molar-refractivity contribution in [2.24, 2.45) is 0 Å². The number of aryl methyl sites for hydroxylation is 1. The van der Waals surface area contributed by atoms with Crippen molar-refractivity contribution in [3.63, 3.8) is 0 Å². The summed E-state index contributed by atoms with van der Waals surface area (Å²) in [5, 5.41) is 2.84. The number of carbonyl (C=O) groups excluding carboxylic acids is 1. The second kappa shape index (κ2) is 7.77. The molecule has 5 nitrogen and oxygen atoms in total. The topological polar surface area (TPSA) is 72.5 Å². The average Bonchev–Trinajstić information content (AvgIpc) is 2.44. The third-order valence-corrected chi connectivity index (χ3v) is 4.54. The molecule has 0 fully saturated rings. The molecule has 118 valence electrons. The summed E-state index contributed by atoms with van der Waals surface area (Å²) in [6.07, 6.45) is 1.33. The lowest BCUT2D eigenvalue weighted by molar-refractivity contribution is 0.0893. The van der Waals surface area contributed by atoms with Gasteiger partial charge in [0.2, 0.25) is 0 Å². The third-order valence-electron chi connectivity index (χ3n) is 3.18. The van der Waals surface area contributed by atoms with Crippen LogP contribution < -0.4 is 5.32 Å². The summed E-state index contributed by atoms with van der Waals surface area (Å²) in [7, 11) is 3.04. The second-order valence-corrected chi connectivity index (χ2v) is 7.21. The van der Waals surface area contributed by atoms with Crippen LogP contribution in [-0.4, -0.2) is 34.1 Å². The van der Waals surface area contributed by atoms with Gasteiger partial charge in [0.25, 0.3) is 15.0 Å². The zero-order valence-corrected chi connectivity index (χ0v) is 13.9. The zero-order chi connectivity index (χ0) is 16.0. The number of amides is 1. The van der Waals surface area contributed by atoms with Gasteiger partial charge in [-0.15, -0.1) is 0 Å². The fraction of sp³-hybridized carbons (Fsp3) is 0.500. The molecular weight excluding hydrogens is 314 g/mol. The first kappa shape index (κ1) is 17.9. The highest BCUT2D eigenvalue weighted by molar-refractivity contribution is 8.13. The number of hydrogen-bond acceptors (Lipinski definition) is 4. The molecule has 1 rings (SSSR count). The van der Waals surface area contributed by atoms with E-state index in [4.69, 9.17) is 15.4 Å². The zero-order valence-electron chi connectivity index (χ0n) is 12.3. The summed E-state index contributed by atoms with van der Waals surface area (Å²) in [5.41, 5.74) is 1.10. The fourth-order valence-corrected chi connectivity index (χ4v) is 2.73. The predicted octanol–water partition coefficient (Wildman–Crippen LogP) is 2.33. The lowest BCUT2D eigenvalue weighted by atomic mass is 10.0. The Kier molecular flexibility index (Phi) is 6.64. The molecule has 1 unspecified atom stereocenters. The van der Waals surface area contributed by atoms with E-state index in [0.717, 1.165) is 5.56 Å². The minimum absolute atomic E-state index is 0.0775. The molecule has 0 aliphatic carbocycles. The van der Waals surface area contributed by atoms with Gasteiger partial charge in [-0.1, -0.05) is 19.9 Å². The summed E-state index contributed by atoms with van der Waals surface area (Å²) in [5.74, 6) is -0.321. The smallest absolute Gasteiger partial charge is 0.261 e. The normalized spacial score (nSPS) is 13.0. The maximum absolute atomic E-state index is 12.3. The third kappa shape index (κ3) is 4.98. The quantitative estimate of drug-likeness (QED) is 0.777. The molecule has 1 aromatic carbocycles. The van der Waals surface area contributed by atoms with E-state index in [1.54, 1.807) is 13.2 Å². The Bertz CT molecular complexity index is 601. The van der Waals surface area contributed by atoms with Gasteiger partial charge in [0.1, 0.15) is 0 Å². The van der Waals surface area contributed by atoms with Crippen molar-refractivity contribution in [2.75, 3.05) is 13.7 Å². The molecule has 21 heavy (non-hydrogen) atoms. The van der Waals surface area contributed by atoms with Crippen molar-refractivity contribution in [3.05, 3.63) is 29.3 Å². The Morgan fingerprint density at radius 3 is 2.52 bits per heavy atom. The molecule has 0 saturated carbocycles. The van der Waals surface area contributed by atoms with Gasteiger partial charge in [0, 0.05) is 23.4 Å². The highest BCUT2D eigenvalue weighted by atomic mass is 35.7. The van der Waals surface area contributed by atoms with E-state index in [0.29, 0.717) is 25.0 Å². The Morgan fingerprint density at radius 1 is 1.38 bits per heavy atom. The van der Waals surface area contributed by atoms with Crippen LogP contribution in [0.5, 0.6) is 0 Å². The van der Waals surface area contributed by atoms with Gasteiger partial charge in [-0.05, 0) is 30.5 Å². The van der Waals surface area contributed by atoms with Crippen molar-refractivity contribution >= 4 is 25.6 Å². The lowest BCUT2D eigenvalue weighted by Gasteiger charge is -2.17. The molecule has 1 amide bonds. The molecule has 0 heterocycles. The highest BCUT2D eigenvalue weighted by Crippen LogP contribution is 2.20. The van der Waals surface area contributed by atoms with Crippen LogP contribution in [-0.2, 0) is 20.2 Å². The monoisotopic (exact) mass is 333 g/mol. The standard InChI is InChI=1S/C14H20ClNO4S/c1-4-10-6-7-12(21(15,18)19)8-13(10)14(17)16-11(5-2)9-20-3/h6-8,11H,4-5,9H2,1-3H3,(H,16,17). The van der Waals surface area contributed by atoms with Crippen LogP contribution in [0.1, 0.15) is 36.2 Å². The molecule has 7 heteroatoms. The van der Waals surface area contributed by atoms with Crippen molar-refractivity contribution in [2.45, 2.75) is 37.6 Å². The van der Waals surface area contributed by atoms with E-state index in [2.05, 4.69) is 5.32 Å². The maximum atomic E-state index is 12.3. The summed E-state index contributed by atoms with van der Waals surface area (Å²) < 4.78 is 27.8. The summed E-state index contributed by atoms with van der Waals surface area (Å²) in [6, 6.07) is 4.21. The van der Waals surface area contributed by atoms with Crippen molar-refractivity contribution in [1.82, 2.24) is 5.32 Å². The first-order valence-electron chi connectivity index (χ1n) is 6.70. The second-order valence-electron chi connectivity index (χ2n) is 4.64. The van der Waals surface area contributed by atoms with Crippen molar-refractivity contribution in [3.8, 4) is 0 Å². The number of rotatable bonds is 7. The van der Waals surface area contributed by atoms with Crippen LogP contribution in [0.2, 0.25) is 0 Å². The van der Waals surface area contributed by atoms with Gasteiger partial charge in [-0.3, -0.25) is 4.79 Å². The van der Waals surface area contributed by atoms with Gasteiger partial charge in [-0.25, -0.2) is 8.42 Å². The highest BCUT2D eigenvalue weighted by Gasteiger charge is 2.18. The molecule has 1 atom stereocenters. The van der Waals surface area contributed by atoms with Gasteiger partial charge in [0.05, 0.1) is 17.5 Å². The first-order valence-corrected chi connectivity index (χ1v) is 9.01. The van der Waals surface area contributed by atoms with E-state index in [1.807, 2.05) is 13.8 Å². The van der Waals surface area contributed by atoms with Crippen LogP contribution in [0.15, 0.2) is 23.1 Å². The summed E-state index contributed by atoms with van der Waals surface area (Å²) >= 11 is 0. The molecule has 1 aromatic rings. The van der Waals surface area contributed by atoms with Gasteiger partial charge < -0.3 is 10.1 Å². The number of methoxy groups -OCH3 is 1. The van der Waals surface area contributed by atoms with Crippen molar-refractivity contribution in [1.29, 1.82) is 0 Å². The molecule has 0 radical (unpaired) electrons. The number of benzene rings is 1. The Labute approximate surface area is 130 Å². The summed E-state index contributed by atoms with van der Waals surface area (Å²) in [6.45, 7) is 4.23. The molecule has 0 aromatic heterocycles. The number of hydrogen-bond donors (Lipinski definition) is 1. The lowest BCUT2D eigenvalue weighted by Crippen LogP contribution is -2.38. The van der Waals surface area contributed by atoms with E-state index in [1.165, 1.54) is 12.1 Å². The summed E-state index contributed by atoms with van der Waals surface area (Å²) in [4.78, 5) is 12.3. The minimum atomic E-state index is -3.86. The number of ether oxygens (including phenoxy) is 1. The molecule has 0 aliphatic rings. The number of halogens is 1. The Morgan fingerprint density at radius 2 is 2.05 bits per heavy atom. The minimum Gasteiger partial charge on any atom is -0.383 e. The molecular formula is C14H20ClNO4S. The Balaban J connectivity index is 3.11. The largest absolute Gasteiger partial charge is 0.383 e. The maximum Gasteiger partial charge on any atom is 0.261 e. The number of carbonyl (C=O) groups is 1. The van der Waals surface area contributed by atoms with Crippen LogP contribution in [0.4, 0.5) is 0 Å². The van der Waals surface area contributed by atoms with Crippen LogP contribution >= 0.6 is 10.7 Å². The average molecular weight is 334 g/mol. The van der Waals surface area contributed by atoms with Gasteiger partial charge in [-0.2, -0.15) is 0 Å². The van der Waals surface area contributed by atoms with Crippen molar-refractivity contribution < 1.29 is 17.9 Å². The van der Waals surface area contributed by atoms with Gasteiger partial charge >= 0.3 is 0 Å². The molecule has 1 N–H and O–H groups in total. The number of nitrogens with one attached hydrogen (secondary N) is 1. The first-order chi connectivity index (χ1) is 9.83.